The fourth-order valence-corrected chi connectivity index (χ4v) is 3.66. The predicted molar refractivity (Wildman–Crippen MR) is 105 cm³/mol. The van der Waals surface area contributed by atoms with Crippen molar-refractivity contribution >= 4 is 22.8 Å². The first-order valence-electron chi connectivity index (χ1n) is 9.96. The molecule has 0 aromatic carbocycles. The molecule has 148 valence electrons. The van der Waals surface area contributed by atoms with Crippen LogP contribution in [0.3, 0.4) is 0 Å². The molecule has 27 heavy (non-hydrogen) atoms. The van der Waals surface area contributed by atoms with Crippen LogP contribution in [0.15, 0.2) is 10.9 Å². The van der Waals surface area contributed by atoms with Gasteiger partial charge >= 0.3 is 0 Å². The molecule has 0 spiro atoms. The van der Waals surface area contributed by atoms with Gasteiger partial charge in [-0.05, 0) is 39.3 Å². The first-order valence-corrected chi connectivity index (χ1v) is 9.96. The molecule has 1 unspecified atom stereocenters. The van der Waals surface area contributed by atoms with Gasteiger partial charge in [-0.3, -0.25) is 9.69 Å². The quantitative estimate of drug-likeness (QED) is 0.681. The fraction of sp³-hybridized carbons (Fsp3) is 0.684. The van der Waals surface area contributed by atoms with Crippen molar-refractivity contribution in [3.63, 3.8) is 0 Å². The summed E-state index contributed by atoms with van der Waals surface area (Å²) in [7, 11) is 0. The average Bonchev–Trinajstić information content (AvgIpc) is 3.45. The SMILES string of the molecule is CCC(C(=O)NCCN(c1ncnc2onc(C)c12)C1CC1)N(CC)CC. The first kappa shape index (κ1) is 19.5. The van der Waals surface area contributed by atoms with Crippen molar-refractivity contribution in [3.8, 4) is 0 Å². The summed E-state index contributed by atoms with van der Waals surface area (Å²) >= 11 is 0. The molecular weight excluding hydrogens is 344 g/mol. The van der Waals surface area contributed by atoms with Crippen LogP contribution in [0.5, 0.6) is 0 Å². The summed E-state index contributed by atoms with van der Waals surface area (Å²) in [5.74, 6) is 0.956. The Hall–Kier alpha value is -2.22. The Labute approximate surface area is 160 Å². The number of anilines is 1. The molecule has 1 fully saturated rings. The Morgan fingerprint density at radius 3 is 2.67 bits per heavy atom. The zero-order valence-corrected chi connectivity index (χ0v) is 16.7. The molecule has 8 heteroatoms. The zero-order chi connectivity index (χ0) is 19.4. The fourth-order valence-electron chi connectivity index (χ4n) is 3.66. The highest BCUT2D eigenvalue weighted by molar-refractivity contribution is 5.88. The second kappa shape index (κ2) is 8.65. The van der Waals surface area contributed by atoms with E-state index in [2.05, 4.69) is 51.0 Å². The number of rotatable bonds is 10. The van der Waals surface area contributed by atoms with Gasteiger partial charge in [-0.15, -0.1) is 0 Å². The lowest BCUT2D eigenvalue weighted by atomic mass is 10.1. The highest BCUT2D eigenvalue weighted by Gasteiger charge is 2.32. The summed E-state index contributed by atoms with van der Waals surface area (Å²) in [5.41, 5.74) is 1.31. The number of amides is 1. The molecule has 1 N–H and O–H groups in total. The van der Waals surface area contributed by atoms with Crippen molar-refractivity contribution in [2.75, 3.05) is 31.1 Å². The van der Waals surface area contributed by atoms with E-state index in [0.717, 1.165) is 49.2 Å². The topological polar surface area (TPSA) is 87.4 Å². The van der Waals surface area contributed by atoms with Gasteiger partial charge in [0.1, 0.15) is 17.5 Å². The molecule has 0 saturated heterocycles. The van der Waals surface area contributed by atoms with Crippen LogP contribution in [0.25, 0.3) is 11.1 Å². The molecule has 2 aromatic rings. The van der Waals surface area contributed by atoms with Crippen LogP contribution >= 0.6 is 0 Å². The van der Waals surface area contributed by atoms with Crippen molar-refractivity contribution < 1.29 is 9.32 Å². The van der Waals surface area contributed by atoms with Crippen LogP contribution in [-0.2, 0) is 4.79 Å². The number of hydrogen-bond acceptors (Lipinski definition) is 7. The zero-order valence-electron chi connectivity index (χ0n) is 16.7. The van der Waals surface area contributed by atoms with Gasteiger partial charge in [-0.2, -0.15) is 4.98 Å². The van der Waals surface area contributed by atoms with E-state index in [4.69, 9.17) is 4.52 Å². The van der Waals surface area contributed by atoms with Crippen LogP contribution in [-0.4, -0.2) is 64.2 Å². The van der Waals surface area contributed by atoms with Crippen LogP contribution in [0.2, 0.25) is 0 Å². The van der Waals surface area contributed by atoms with E-state index in [-0.39, 0.29) is 11.9 Å². The van der Waals surface area contributed by atoms with E-state index in [1.54, 1.807) is 0 Å². The molecule has 0 aliphatic heterocycles. The van der Waals surface area contributed by atoms with Crippen LogP contribution in [0.1, 0.15) is 45.7 Å². The maximum absolute atomic E-state index is 12.6. The second-order valence-corrected chi connectivity index (χ2v) is 7.01. The van der Waals surface area contributed by atoms with Gasteiger partial charge in [0.2, 0.25) is 5.91 Å². The molecule has 0 bridgehead atoms. The molecule has 1 atom stereocenters. The van der Waals surface area contributed by atoms with Gasteiger partial charge < -0.3 is 14.7 Å². The number of aromatic nitrogens is 3. The summed E-state index contributed by atoms with van der Waals surface area (Å²) in [4.78, 5) is 25.8. The molecule has 1 aliphatic carbocycles. The molecule has 2 heterocycles. The van der Waals surface area contributed by atoms with Gasteiger partial charge in [-0.1, -0.05) is 25.9 Å². The van der Waals surface area contributed by atoms with Crippen molar-refractivity contribution in [2.45, 2.75) is 59.0 Å². The third-order valence-electron chi connectivity index (χ3n) is 5.28. The molecule has 0 radical (unpaired) electrons. The summed E-state index contributed by atoms with van der Waals surface area (Å²) in [5, 5.41) is 8.00. The molecule has 2 aromatic heterocycles. The number of nitrogens with one attached hydrogen (secondary N) is 1. The Kier molecular flexibility index (Phi) is 6.26. The average molecular weight is 374 g/mol. The number of likely N-dealkylation sites (N-methyl/N-ethyl adjacent to an activating group) is 1. The van der Waals surface area contributed by atoms with Crippen LogP contribution in [0.4, 0.5) is 5.82 Å². The highest BCUT2D eigenvalue weighted by Crippen LogP contribution is 2.34. The largest absolute Gasteiger partial charge is 0.353 e. The summed E-state index contributed by atoms with van der Waals surface area (Å²) in [6.07, 6.45) is 4.61. The number of carbonyl (C=O) groups is 1. The minimum Gasteiger partial charge on any atom is -0.353 e. The number of nitrogens with zero attached hydrogens (tertiary/aromatic N) is 5. The Balaban J connectivity index is 1.67. The van der Waals surface area contributed by atoms with Crippen molar-refractivity contribution in [3.05, 3.63) is 12.0 Å². The van der Waals surface area contributed by atoms with Gasteiger partial charge in [0.15, 0.2) is 0 Å². The van der Waals surface area contributed by atoms with Crippen molar-refractivity contribution in [1.82, 2.24) is 25.3 Å². The predicted octanol–water partition coefficient (Wildman–Crippen LogP) is 2.13. The molecule has 1 saturated carbocycles. The smallest absolute Gasteiger partial charge is 0.263 e. The Morgan fingerprint density at radius 1 is 1.30 bits per heavy atom. The van der Waals surface area contributed by atoms with Crippen molar-refractivity contribution in [2.24, 2.45) is 0 Å². The third kappa shape index (κ3) is 4.21. The molecule has 1 amide bonds. The van der Waals surface area contributed by atoms with E-state index >= 15 is 0 Å². The lowest BCUT2D eigenvalue weighted by molar-refractivity contribution is -0.126. The third-order valence-corrected chi connectivity index (χ3v) is 5.28. The second-order valence-electron chi connectivity index (χ2n) is 7.01. The van der Waals surface area contributed by atoms with Gasteiger partial charge in [0.05, 0.1) is 11.7 Å². The number of fused-ring (bicyclic) bond motifs is 1. The number of aryl methyl sites for hydroxylation is 1. The summed E-state index contributed by atoms with van der Waals surface area (Å²) in [6, 6.07) is 0.388. The Bertz CT molecular complexity index is 769. The standard InChI is InChI=1S/C19H30N6O2/c1-5-15(24(6-2)7-3)18(26)20-10-11-25(14-8-9-14)17-16-13(4)23-27-19(16)22-12-21-17/h12,14-15H,5-11H2,1-4H3,(H,20,26). The minimum absolute atomic E-state index is 0.0690. The minimum atomic E-state index is -0.0690. The van der Waals surface area contributed by atoms with Crippen LogP contribution < -0.4 is 10.2 Å². The van der Waals surface area contributed by atoms with E-state index in [9.17, 15) is 4.79 Å². The first-order chi connectivity index (χ1) is 13.1. The molecular formula is C19H30N6O2. The summed E-state index contributed by atoms with van der Waals surface area (Å²) in [6.45, 7) is 11.2. The molecule has 3 rings (SSSR count). The van der Waals surface area contributed by atoms with Crippen molar-refractivity contribution in [1.29, 1.82) is 0 Å². The van der Waals surface area contributed by atoms with Gasteiger partial charge in [0.25, 0.3) is 5.71 Å². The lowest BCUT2D eigenvalue weighted by Gasteiger charge is -2.28. The molecule has 1 aliphatic rings. The van der Waals surface area contributed by atoms with Gasteiger partial charge in [-0.25, -0.2) is 4.98 Å². The summed E-state index contributed by atoms with van der Waals surface area (Å²) < 4.78 is 5.28. The maximum Gasteiger partial charge on any atom is 0.263 e. The molecule has 8 nitrogen and oxygen atoms in total. The van der Waals surface area contributed by atoms with Gasteiger partial charge in [0, 0.05) is 19.1 Å². The van der Waals surface area contributed by atoms with E-state index in [1.807, 2.05) is 6.92 Å². The highest BCUT2D eigenvalue weighted by atomic mass is 16.5. The number of carbonyl (C=O) groups excluding carboxylic acids is 1. The number of hydrogen-bond donors (Lipinski definition) is 1. The van der Waals surface area contributed by atoms with Crippen LogP contribution in [0, 0.1) is 6.92 Å². The van der Waals surface area contributed by atoms with E-state index in [1.165, 1.54) is 6.33 Å². The maximum atomic E-state index is 12.6. The lowest BCUT2D eigenvalue weighted by Crippen LogP contribution is -2.48. The normalized spacial score (nSPS) is 15.3. The Morgan fingerprint density at radius 2 is 2.04 bits per heavy atom. The van der Waals surface area contributed by atoms with E-state index in [0.29, 0.717) is 24.8 Å². The van der Waals surface area contributed by atoms with E-state index < -0.39 is 0 Å². The monoisotopic (exact) mass is 374 g/mol.